The van der Waals surface area contributed by atoms with Crippen molar-refractivity contribution in [2.75, 3.05) is 0 Å². The SMILES string of the molecule is Fc1ccc(C(F)(F)F)c(-c2c(-c3cccc4c3c3ccccc3n4-c3ccccc3-c3cccc(F)c3C(F)(F)F)cccc2-n2c3ccccc3c3ccccc32)c1. The maximum Gasteiger partial charge on any atom is 0.419 e. The monoisotopic (exact) mass is 808 g/mol. The van der Waals surface area contributed by atoms with Crippen LogP contribution in [0.25, 0.3) is 88.4 Å². The second kappa shape index (κ2) is 13.7. The quantitative estimate of drug-likeness (QED) is 0.153. The lowest BCUT2D eigenvalue weighted by atomic mass is 9.88. The summed E-state index contributed by atoms with van der Waals surface area (Å²) in [6.45, 7) is 0. The Labute approximate surface area is 336 Å². The summed E-state index contributed by atoms with van der Waals surface area (Å²) in [5, 5.41) is 2.98. The minimum atomic E-state index is -5.01. The molecule has 0 aliphatic heterocycles. The van der Waals surface area contributed by atoms with Gasteiger partial charge in [0.25, 0.3) is 0 Å². The lowest BCUT2D eigenvalue weighted by Crippen LogP contribution is -2.11. The van der Waals surface area contributed by atoms with Gasteiger partial charge in [0.05, 0.1) is 44.6 Å². The Hall–Kier alpha value is -7.20. The van der Waals surface area contributed by atoms with Gasteiger partial charge in [0.15, 0.2) is 0 Å². The van der Waals surface area contributed by atoms with Crippen LogP contribution in [0, 0.1) is 11.6 Å². The van der Waals surface area contributed by atoms with Crippen LogP contribution in [0.1, 0.15) is 11.1 Å². The highest BCUT2D eigenvalue weighted by Gasteiger charge is 2.38. The van der Waals surface area contributed by atoms with Gasteiger partial charge in [-0.25, -0.2) is 8.78 Å². The predicted molar refractivity (Wildman–Crippen MR) is 221 cm³/mol. The van der Waals surface area contributed by atoms with Crippen LogP contribution in [0.15, 0.2) is 170 Å². The number of aromatic nitrogens is 2. The van der Waals surface area contributed by atoms with Crippen LogP contribution in [-0.4, -0.2) is 9.13 Å². The van der Waals surface area contributed by atoms with Gasteiger partial charge in [0.1, 0.15) is 11.6 Å². The molecule has 0 aliphatic rings. The van der Waals surface area contributed by atoms with E-state index >= 15 is 22.0 Å². The molecule has 10 aromatic rings. The van der Waals surface area contributed by atoms with E-state index in [1.807, 2.05) is 59.2 Å². The first-order chi connectivity index (χ1) is 28.9. The molecular weight excluding hydrogens is 781 g/mol. The first-order valence-electron chi connectivity index (χ1n) is 18.9. The van der Waals surface area contributed by atoms with Crippen LogP contribution >= 0.6 is 0 Å². The van der Waals surface area contributed by atoms with E-state index in [1.54, 1.807) is 77.4 Å². The number of halogens is 8. The van der Waals surface area contributed by atoms with E-state index < -0.39 is 35.1 Å². The van der Waals surface area contributed by atoms with Crippen LogP contribution < -0.4 is 0 Å². The van der Waals surface area contributed by atoms with E-state index in [9.17, 15) is 13.2 Å². The smallest absolute Gasteiger partial charge is 0.309 e. The first-order valence-corrected chi connectivity index (χ1v) is 18.9. The van der Waals surface area contributed by atoms with Gasteiger partial charge in [-0.3, -0.25) is 0 Å². The Balaban J connectivity index is 1.34. The zero-order valence-electron chi connectivity index (χ0n) is 31.1. The molecule has 8 aromatic carbocycles. The van der Waals surface area contributed by atoms with E-state index in [-0.39, 0.29) is 22.3 Å². The van der Waals surface area contributed by atoms with E-state index in [1.165, 1.54) is 18.2 Å². The fraction of sp³-hybridized carbons (Fsp3) is 0.0400. The summed E-state index contributed by atoms with van der Waals surface area (Å²) in [5.41, 5.74) is 1.18. The number of rotatable bonds is 5. The molecule has 0 N–H and O–H groups in total. The topological polar surface area (TPSA) is 9.86 Å². The molecule has 0 aliphatic carbocycles. The van der Waals surface area contributed by atoms with Crippen molar-refractivity contribution < 1.29 is 35.1 Å². The Morgan fingerprint density at radius 3 is 1.55 bits per heavy atom. The Morgan fingerprint density at radius 1 is 0.367 bits per heavy atom. The lowest BCUT2D eigenvalue weighted by molar-refractivity contribution is -0.139. The Kier molecular flexibility index (Phi) is 8.47. The molecule has 60 heavy (non-hydrogen) atoms. The zero-order valence-corrected chi connectivity index (χ0v) is 31.1. The predicted octanol–water partition coefficient (Wildman–Crippen LogP) is 15.2. The molecule has 0 bridgehead atoms. The van der Waals surface area contributed by atoms with Crippen molar-refractivity contribution >= 4 is 43.6 Å². The Bertz CT molecular complexity index is 3280. The number of hydrogen-bond donors (Lipinski definition) is 0. The number of hydrogen-bond acceptors (Lipinski definition) is 0. The largest absolute Gasteiger partial charge is 0.419 e. The fourth-order valence-electron chi connectivity index (χ4n) is 8.82. The van der Waals surface area contributed by atoms with Gasteiger partial charge in [-0.05, 0) is 82.9 Å². The fourth-order valence-corrected chi connectivity index (χ4v) is 8.82. The Morgan fingerprint density at radius 2 is 0.867 bits per heavy atom. The molecule has 294 valence electrons. The third kappa shape index (κ3) is 5.77. The highest BCUT2D eigenvalue weighted by atomic mass is 19.4. The van der Waals surface area contributed by atoms with Crippen molar-refractivity contribution in [2.24, 2.45) is 0 Å². The molecule has 10 rings (SSSR count). The van der Waals surface area contributed by atoms with Crippen LogP contribution in [0.3, 0.4) is 0 Å². The van der Waals surface area contributed by atoms with Gasteiger partial charge < -0.3 is 9.13 Å². The molecule has 0 saturated carbocycles. The minimum absolute atomic E-state index is 0.112. The van der Waals surface area contributed by atoms with E-state index in [0.29, 0.717) is 44.3 Å². The molecule has 0 unspecified atom stereocenters. The molecule has 0 atom stereocenters. The third-order valence-electron chi connectivity index (χ3n) is 11.1. The van der Waals surface area contributed by atoms with Crippen molar-refractivity contribution in [3.8, 4) is 44.8 Å². The second-order valence-corrected chi connectivity index (χ2v) is 14.5. The molecule has 0 spiro atoms. The minimum Gasteiger partial charge on any atom is -0.309 e. The van der Waals surface area contributed by atoms with E-state index in [2.05, 4.69) is 0 Å². The highest BCUT2D eigenvalue weighted by Crippen LogP contribution is 2.49. The van der Waals surface area contributed by atoms with Crippen molar-refractivity contribution in [3.63, 3.8) is 0 Å². The van der Waals surface area contributed by atoms with Crippen molar-refractivity contribution in [3.05, 3.63) is 193 Å². The summed E-state index contributed by atoms with van der Waals surface area (Å²) < 4.78 is 123. The normalized spacial score (nSPS) is 12.3. The number of para-hydroxylation sites is 4. The number of alkyl halides is 6. The summed E-state index contributed by atoms with van der Waals surface area (Å²) >= 11 is 0. The average molecular weight is 809 g/mol. The number of fused-ring (bicyclic) bond motifs is 6. The van der Waals surface area contributed by atoms with Gasteiger partial charge >= 0.3 is 12.4 Å². The first kappa shape index (κ1) is 37.1. The van der Waals surface area contributed by atoms with Crippen molar-refractivity contribution in [1.29, 1.82) is 0 Å². The summed E-state index contributed by atoms with van der Waals surface area (Å²) in [7, 11) is 0. The maximum absolute atomic E-state index is 15.4. The van der Waals surface area contributed by atoms with Gasteiger partial charge in [-0.15, -0.1) is 0 Å². The summed E-state index contributed by atoms with van der Waals surface area (Å²) in [5.74, 6) is -2.27. The van der Waals surface area contributed by atoms with Crippen LogP contribution in [-0.2, 0) is 12.4 Å². The molecule has 10 heteroatoms. The van der Waals surface area contributed by atoms with Crippen LogP contribution in [0.5, 0.6) is 0 Å². The van der Waals surface area contributed by atoms with E-state index in [0.717, 1.165) is 46.1 Å². The van der Waals surface area contributed by atoms with Gasteiger partial charge in [-0.2, -0.15) is 26.3 Å². The van der Waals surface area contributed by atoms with E-state index in [4.69, 9.17) is 0 Å². The van der Waals surface area contributed by atoms with Crippen molar-refractivity contribution in [1.82, 2.24) is 9.13 Å². The number of nitrogens with zero attached hydrogens (tertiary/aromatic N) is 2. The van der Waals surface area contributed by atoms with Gasteiger partial charge in [0.2, 0.25) is 0 Å². The molecule has 2 heterocycles. The summed E-state index contributed by atoms with van der Waals surface area (Å²) in [4.78, 5) is 0. The zero-order chi connectivity index (χ0) is 41.5. The molecule has 0 amide bonds. The molecule has 0 radical (unpaired) electrons. The third-order valence-corrected chi connectivity index (χ3v) is 11.1. The maximum atomic E-state index is 15.4. The van der Waals surface area contributed by atoms with Crippen molar-refractivity contribution in [2.45, 2.75) is 12.4 Å². The highest BCUT2D eigenvalue weighted by molar-refractivity contribution is 6.18. The van der Waals surface area contributed by atoms with Gasteiger partial charge in [-0.1, -0.05) is 109 Å². The number of benzene rings is 8. The van der Waals surface area contributed by atoms with Gasteiger partial charge in [0, 0.05) is 32.7 Å². The molecular formula is C50H28F8N2. The molecule has 0 fully saturated rings. The molecule has 2 aromatic heterocycles. The standard InChI is InChI=1S/C50H28F8N2/c51-29-26-27-38(49(53,54)55)37(28-29)47-34(17-11-25-45(47)59-40-20-5-1-12-30(40)31-13-2-6-21-41(31)59)33-16-10-24-44-46(33)36-15-4-8-23-43(36)60(44)42-22-7-3-14-32(42)35-18-9-19-39(52)48(35)50(56,57)58/h1-28H. The molecule has 0 saturated heterocycles. The lowest BCUT2D eigenvalue weighted by Gasteiger charge is -2.22. The van der Waals surface area contributed by atoms with Crippen LogP contribution in [0.2, 0.25) is 0 Å². The van der Waals surface area contributed by atoms with Crippen LogP contribution in [0.4, 0.5) is 35.1 Å². The second-order valence-electron chi connectivity index (χ2n) is 14.5. The summed E-state index contributed by atoms with van der Waals surface area (Å²) in [6, 6.07) is 44.9. The summed E-state index contributed by atoms with van der Waals surface area (Å²) in [6.07, 6.45) is -9.88. The molecule has 2 nitrogen and oxygen atoms in total. The average Bonchev–Trinajstić information content (AvgIpc) is 3.75.